The van der Waals surface area contributed by atoms with Crippen LogP contribution in [0.15, 0.2) is 24.4 Å². The second-order valence-electron chi connectivity index (χ2n) is 6.51. The van der Waals surface area contributed by atoms with Gasteiger partial charge in [0.25, 0.3) is 0 Å². The Balaban J connectivity index is 2.14. The molecule has 118 valence electrons. The Morgan fingerprint density at radius 1 is 1.33 bits per heavy atom. The third-order valence-electron chi connectivity index (χ3n) is 3.60. The fourth-order valence-corrected chi connectivity index (χ4v) is 4.15. The van der Waals surface area contributed by atoms with Crippen molar-refractivity contribution in [3.05, 3.63) is 24.4 Å². The Morgan fingerprint density at radius 3 is 2.43 bits per heavy atom. The first kappa shape index (κ1) is 15.9. The molecule has 1 aliphatic heterocycles. The van der Waals surface area contributed by atoms with Crippen molar-refractivity contribution in [3.8, 4) is 0 Å². The van der Waals surface area contributed by atoms with Gasteiger partial charge in [-0.15, -0.1) is 0 Å². The Morgan fingerprint density at radius 2 is 1.95 bits per heavy atom. The number of carbonyl (C=O) groups excluding carboxylic acids is 1. The van der Waals surface area contributed by atoms with E-state index < -0.39 is 26.5 Å². The van der Waals surface area contributed by atoms with Crippen LogP contribution in [0.4, 0.5) is 4.79 Å². The highest BCUT2D eigenvalue weighted by Crippen LogP contribution is 2.48. The molecular formula is C14H22N2O4S. The number of nitrogens with one attached hydrogen (secondary N) is 1. The Bertz CT molecular complexity index is 583. The third-order valence-corrected chi connectivity index (χ3v) is 5.75. The lowest BCUT2D eigenvalue weighted by molar-refractivity contribution is 0.0569. The maximum Gasteiger partial charge on any atom is 0.421 e. The maximum atomic E-state index is 12.6. The minimum absolute atomic E-state index is 0.276. The number of hydrogen-bond donors (Lipinski definition) is 1. The fourth-order valence-electron chi connectivity index (χ4n) is 2.49. The van der Waals surface area contributed by atoms with Gasteiger partial charge in [-0.1, -0.05) is 12.2 Å². The smallest absolute Gasteiger partial charge is 0.421 e. The molecule has 1 aliphatic carbocycles. The standard InChI is InChI=1S/C14H22N2O4S/c1-13(2,3)20-12(17)15-21(18,19)14(8-9-14)11-7-5-6-10-16(11)4/h5-7,10-11H,8-9H2,1-4H3,(H,15,17). The van der Waals surface area contributed by atoms with E-state index in [1.165, 1.54) is 0 Å². The van der Waals surface area contributed by atoms with Crippen LogP contribution in [-0.2, 0) is 14.8 Å². The lowest BCUT2D eigenvalue weighted by Gasteiger charge is -2.33. The summed E-state index contributed by atoms with van der Waals surface area (Å²) in [6.45, 7) is 5.07. The molecule has 0 saturated heterocycles. The number of nitrogens with zero attached hydrogens (tertiary/aromatic N) is 1. The lowest BCUT2D eigenvalue weighted by Crippen LogP contribution is -2.51. The van der Waals surface area contributed by atoms with Crippen LogP contribution < -0.4 is 4.72 Å². The summed E-state index contributed by atoms with van der Waals surface area (Å²) in [5, 5.41) is 0. The van der Waals surface area contributed by atoms with Crippen LogP contribution in [0.3, 0.4) is 0 Å². The van der Waals surface area contributed by atoms with E-state index in [2.05, 4.69) is 4.72 Å². The van der Waals surface area contributed by atoms with Crippen LogP contribution in [-0.4, -0.2) is 42.8 Å². The van der Waals surface area contributed by atoms with Crippen molar-refractivity contribution >= 4 is 16.1 Å². The number of hydrogen-bond acceptors (Lipinski definition) is 5. The SMILES string of the molecule is CN1C=CC=CC1C1(S(=O)(=O)NC(=O)OC(C)(C)C)CC1. The van der Waals surface area contributed by atoms with Crippen molar-refractivity contribution < 1.29 is 17.9 Å². The lowest BCUT2D eigenvalue weighted by atomic mass is 10.1. The third kappa shape index (κ3) is 3.23. The molecule has 1 unspecified atom stereocenters. The van der Waals surface area contributed by atoms with Gasteiger partial charge in [-0.25, -0.2) is 17.9 Å². The van der Waals surface area contributed by atoms with Gasteiger partial charge < -0.3 is 9.64 Å². The van der Waals surface area contributed by atoms with Crippen LogP contribution in [0.25, 0.3) is 0 Å². The van der Waals surface area contributed by atoms with Gasteiger partial charge in [-0.2, -0.15) is 0 Å². The molecular weight excluding hydrogens is 292 g/mol. The van der Waals surface area contributed by atoms with E-state index in [4.69, 9.17) is 4.74 Å². The van der Waals surface area contributed by atoms with Gasteiger partial charge in [-0.05, 0) is 45.9 Å². The molecule has 21 heavy (non-hydrogen) atoms. The summed E-state index contributed by atoms with van der Waals surface area (Å²) in [6, 6.07) is -0.276. The average Bonchev–Trinajstić information content (AvgIpc) is 3.07. The molecule has 1 N–H and O–H groups in total. The summed E-state index contributed by atoms with van der Waals surface area (Å²) >= 11 is 0. The highest BCUT2D eigenvalue weighted by molar-refractivity contribution is 7.91. The molecule has 6 nitrogen and oxygen atoms in total. The van der Waals surface area contributed by atoms with Crippen LogP contribution in [0.5, 0.6) is 0 Å². The molecule has 2 aliphatic rings. The summed E-state index contributed by atoms with van der Waals surface area (Å²) in [4.78, 5) is 13.6. The van der Waals surface area contributed by atoms with Crippen LogP contribution in [0, 0.1) is 0 Å². The van der Waals surface area contributed by atoms with Crippen molar-refractivity contribution in [1.82, 2.24) is 9.62 Å². The van der Waals surface area contributed by atoms with Crippen molar-refractivity contribution in [2.75, 3.05) is 7.05 Å². The van der Waals surface area contributed by atoms with Gasteiger partial charge in [0.1, 0.15) is 10.3 Å². The van der Waals surface area contributed by atoms with E-state index in [0.717, 1.165) is 0 Å². The molecule has 7 heteroatoms. The van der Waals surface area contributed by atoms with Gasteiger partial charge in [0.2, 0.25) is 10.0 Å². The maximum absolute atomic E-state index is 12.6. The summed E-state index contributed by atoms with van der Waals surface area (Å²) in [7, 11) is -1.98. The molecule has 1 saturated carbocycles. The number of amides is 1. The molecule has 1 heterocycles. The molecule has 0 spiro atoms. The summed E-state index contributed by atoms with van der Waals surface area (Å²) in [5.74, 6) is 0. The predicted octanol–water partition coefficient (Wildman–Crippen LogP) is 1.76. The van der Waals surface area contributed by atoms with Gasteiger partial charge in [-0.3, -0.25) is 0 Å². The molecule has 1 atom stereocenters. The van der Waals surface area contributed by atoms with E-state index in [1.807, 2.05) is 36.4 Å². The molecule has 0 aromatic carbocycles. The molecule has 1 fully saturated rings. The van der Waals surface area contributed by atoms with Gasteiger partial charge >= 0.3 is 6.09 Å². The molecule has 2 rings (SSSR count). The fraction of sp³-hybridized carbons (Fsp3) is 0.643. The first-order valence-corrected chi connectivity index (χ1v) is 8.38. The van der Waals surface area contributed by atoms with Crippen molar-refractivity contribution in [1.29, 1.82) is 0 Å². The first-order valence-electron chi connectivity index (χ1n) is 6.90. The van der Waals surface area contributed by atoms with Crippen molar-refractivity contribution in [2.24, 2.45) is 0 Å². The van der Waals surface area contributed by atoms with E-state index in [0.29, 0.717) is 12.8 Å². The highest BCUT2D eigenvalue weighted by atomic mass is 32.2. The zero-order chi connectivity index (χ0) is 15.9. The molecule has 0 aromatic heterocycles. The Labute approximate surface area is 125 Å². The molecule has 1 amide bonds. The molecule has 0 aromatic rings. The first-order chi connectivity index (χ1) is 9.57. The van der Waals surface area contributed by atoms with Gasteiger partial charge in [0, 0.05) is 7.05 Å². The van der Waals surface area contributed by atoms with Crippen molar-refractivity contribution in [3.63, 3.8) is 0 Å². The highest BCUT2D eigenvalue weighted by Gasteiger charge is 2.61. The summed E-state index contributed by atoms with van der Waals surface area (Å²) in [5.41, 5.74) is -0.736. The van der Waals surface area contributed by atoms with Gasteiger partial charge in [0.05, 0.1) is 6.04 Å². The second kappa shape index (κ2) is 5.05. The Hall–Kier alpha value is -1.50. The topological polar surface area (TPSA) is 75.7 Å². The van der Waals surface area contributed by atoms with E-state index in [1.54, 1.807) is 20.8 Å². The second-order valence-corrected chi connectivity index (χ2v) is 8.53. The molecule has 0 radical (unpaired) electrons. The van der Waals surface area contributed by atoms with Gasteiger partial charge in [0.15, 0.2) is 0 Å². The summed E-state index contributed by atoms with van der Waals surface area (Å²) in [6.07, 6.45) is 7.48. The minimum Gasteiger partial charge on any atom is -0.443 e. The van der Waals surface area contributed by atoms with Crippen LogP contribution in [0.2, 0.25) is 0 Å². The van der Waals surface area contributed by atoms with Crippen LogP contribution in [0.1, 0.15) is 33.6 Å². The van der Waals surface area contributed by atoms with E-state index >= 15 is 0 Å². The zero-order valence-corrected chi connectivity index (χ0v) is 13.6. The monoisotopic (exact) mass is 314 g/mol. The predicted molar refractivity (Wildman–Crippen MR) is 80.1 cm³/mol. The average molecular weight is 314 g/mol. The largest absolute Gasteiger partial charge is 0.443 e. The number of ether oxygens (including phenoxy) is 1. The minimum atomic E-state index is -3.80. The zero-order valence-electron chi connectivity index (χ0n) is 12.8. The number of allylic oxidation sites excluding steroid dienone is 2. The number of likely N-dealkylation sites (N-methyl/N-ethyl adjacent to an activating group) is 1. The number of carbonyl (C=O) groups is 1. The normalized spacial score (nSPS) is 23.8. The summed E-state index contributed by atoms with van der Waals surface area (Å²) < 4.78 is 31.3. The van der Waals surface area contributed by atoms with E-state index in [-0.39, 0.29) is 6.04 Å². The number of rotatable bonds is 3. The van der Waals surface area contributed by atoms with E-state index in [9.17, 15) is 13.2 Å². The van der Waals surface area contributed by atoms with Crippen LogP contribution >= 0.6 is 0 Å². The number of sulfonamides is 1. The van der Waals surface area contributed by atoms with Crippen molar-refractivity contribution in [2.45, 2.75) is 50.0 Å². The molecule has 0 bridgehead atoms. The Kier molecular flexibility index (Phi) is 3.82. The quantitative estimate of drug-likeness (QED) is 0.859.